The zero-order valence-corrected chi connectivity index (χ0v) is 23.2. The van der Waals surface area contributed by atoms with Crippen LogP contribution in [0.5, 0.6) is 5.75 Å². The van der Waals surface area contributed by atoms with Crippen LogP contribution in [0.2, 0.25) is 0 Å². The summed E-state index contributed by atoms with van der Waals surface area (Å²) in [5.41, 5.74) is 2.67. The molecule has 2 aromatic heterocycles. The summed E-state index contributed by atoms with van der Waals surface area (Å²) < 4.78 is 50.1. The second kappa shape index (κ2) is 13.5. The summed E-state index contributed by atoms with van der Waals surface area (Å²) in [6.07, 6.45) is 1.65. The van der Waals surface area contributed by atoms with Gasteiger partial charge in [0.15, 0.2) is 12.3 Å². The minimum absolute atomic E-state index is 0.0108. The van der Waals surface area contributed by atoms with Gasteiger partial charge in [-0.1, -0.05) is 24.3 Å². The first-order valence-electron chi connectivity index (χ1n) is 13.3. The summed E-state index contributed by atoms with van der Waals surface area (Å²) in [6, 6.07) is 18.9. The second-order valence-electron chi connectivity index (χ2n) is 9.30. The summed E-state index contributed by atoms with van der Waals surface area (Å²) in [4.78, 5) is 31.0. The molecule has 0 saturated carbocycles. The van der Waals surface area contributed by atoms with Crippen molar-refractivity contribution in [1.82, 2.24) is 20.0 Å². The lowest BCUT2D eigenvalue weighted by atomic mass is 10.0. The minimum atomic E-state index is -0.959. The third-order valence-corrected chi connectivity index (χ3v) is 6.34. The number of aliphatic imine (C=N–C) groups is 1. The Morgan fingerprint density at radius 1 is 0.977 bits per heavy atom. The standard InChI is InChI=1S/C31H24F3N7O3/c1-19-16-20(32)10-11-22(19)28-23-12-13-27(42)41(29-24(33)8-5-9-25(29)34)30(23)40-31(39-28)36-14-15-38-44-26(37-18-35)17-43-21-6-3-2-4-7-21/h2-13,16,38H,14-15,17H2,1H3,(H,36,39,40). The number of rotatable bonds is 10. The van der Waals surface area contributed by atoms with Crippen LogP contribution in [0.1, 0.15) is 5.56 Å². The van der Waals surface area contributed by atoms with E-state index in [9.17, 15) is 18.0 Å². The number of halogens is 3. The van der Waals surface area contributed by atoms with Gasteiger partial charge in [0.1, 0.15) is 28.9 Å². The normalized spacial score (nSPS) is 11.3. The van der Waals surface area contributed by atoms with Crippen molar-refractivity contribution in [3.8, 4) is 28.9 Å². The van der Waals surface area contributed by atoms with E-state index < -0.39 is 28.7 Å². The molecule has 0 aliphatic heterocycles. The largest absolute Gasteiger partial charge is 0.484 e. The van der Waals surface area contributed by atoms with Crippen LogP contribution in [0, 0.1) is 35.8 Å². The number of aryl methyl sites for hydroxylation is 1. The Balaban J connectivity index is 1.42. The van der Waals surface area contributed by atoms with Gasteiger partial charge in [0, 0.05) is 30.1 Å². The fourth-order valence-corrected chi connectivity index (χ4v) is 4.37. The molecule has 5 aromatic rings. The first kappa shape index (κ1) is 29.7. The summed E-state index contributed by atoms with van der Waals surface area (Å²) in [5.74, 6) is -1.79. The summed E-state index contributed by atoms with van der Waals surface area (Å²) >= 11 is 0. The van der Waals surface area contributed by atoms with Gasteiger partial charge in [0.25, 0.3) is 11.5 Å². The number of para-hydroxylation sites is 2. The molecule has 222 valence electrons. The highest BCUT2D eigenvalue weighted by molar-refractivity contribution is 5.93. The van der Waals surface area contributed by atoms with Gasteiger partial charge < -0.3 is 14.9 Å². The minimum Gasteiger partial charge on any atom is -0.484 e. The lowest BCUT2D eigenvalue weighted by Crippen LogP contribution is -2.29. The number of fused-ring (bicyclic) bond motifs is 1. The number of nitrogens with one attached hydrogen (secondary N) is 2. The van der Waals surface area contributed by atoms with Crippen LogP contribution in [-0.2, 0) is 4.84 Å². The van der Waals surface area contributed by atoms with Crippen molar-refractivity contribution in [2.75, 3.05) is 25.0 Å². The third-order valence-electron chi connectivity index (χ3n) is 6.34. The van der Waals surface area contributed by atoms with Crippen molar-refractivity contribution in [3.63, 3.8) is 0 Å². The average molecular weight is 600 g/mol. The van der Waals surface area contributed by atoms with Gasteiger partial charge in [-0.15, -0.1) is 4.99 Å². The molecule has 5 rings (SSSR count). The fourth-order valence-electron chi connectivity index (χ4n) is 4.37. The molecule has 0 amide bonds. The maximum atomic E-state index is 14.9. The zero-order chi connectivity index (χ0) is 31.1. The Morgan fingerprint density at radius 3 is 2.48 bits per heavy atom. The van der Waals surface area contributed by atoms with Crippen LogP contribution in [0.3, 0.4) is 0 Å². The van der Waals surface area contributed by atoms with Crippen LogP contribution in [-0.4, -0.2) is 40.1 Å². The number of benzene rings is 3. The van der Waals surface area contributed by atoms with E-state index in [0.29, 0.717) is 28.0 Å². The molecule has 3 aromatic carbocycles. The lowest BCUT2D eigenvalue weighted by Gasteiger charge is -2.16. The molecule has 44 heavy (non-hydrogen) atoms. The number of hydroxylamine groups is 1. The molecule has 2 N–H and O–H groups in total. The Labute approximate surface area is 249 Å². The molecule has 0 unspecified atom stereocenters. The number of aromatic nitrogens is 3. The Bertz CT molecular complexity index is 1920. The van der Waals surface area contributed by atoms with Gasteiger partial charge in [-0.25, -0.2) is 18.2 Å². The summed E-state index contributed by atoms with van der Waals surface area (Å²) in [6.45, 7) is 1.91. The van der Waals surface area contributed by atoms with Crippen molar-refractivity contribution in [2.24, 2.45) is 4.99 Å². The quantitative estimate of drug-likeness (QED) is 0.0750. The van der Waals surface area contributed by atoms with E-state index in [1.165, 1.54) is 30.3 Å². The van der Waals surface area contributed by atoms with Gasteiger partial charge in [0.2, 0.25) is 12.1 Å². The molecule has 13 heteroatoms. The molecule has 0 saturated heterocycles. The number of hydrogen-bond acceptors (Lipinski definition) is 9. The van der Waals surface area contributed by atoms with Gasteiger partial charge >= 0.3 is 0 Å². The zero-order valence-electron chi connectivity index (χ0n) is 23.2. The van der Waals surface area contributed by atoms with Crippen molar-refractivity contribution in [2.45, 2.75) is 6.92 Å². The van der Waals surface area contributed by atoms with Crippen molar-refractivity contribution >= 4 is 22.9 Å². The van der Waals surface area contributed by atoms with E-state index in [-0.39, 0.29) is 37.2 Å². The first-order chi connectivity index (χ1) is 21.4. The van der Waals surface area contributed by atoms with E-state index in [2.05, 4.69) is 25.8 Å². The van der Waals surface area contributed by atoms with E-state index in [1.807, 2.05) is 6.07 Å². The van der Waals surface area contributed by atoms with Gasteiger partial charge in [-0.3, -0.25) is 9.36 Å². The third kappa shape index (κ3) is 6.66. The molecule has 0 radical (unpaired) electrons. The number of anilines is 1. The smallest absolute Gasteiger partial charge is 0.262 e. The molecular formula is C31H24F3N7O3. The Morgan fingerprint density at radius 2 is 1.75 bits per heavy atom. The summed E-state index contributed by atoms with van der Waals surface area (Å²) in [5, 5.41) is 12.3. The van der Waals surface area contributed by atoms with Crippen LogP contribution in [0.25, 0.3) is 28.0 Å². The van der Waals surface area contributed by atoms with E-state index >= 15 is 0 Å². The molecule has 2 heterocycles. The van der Waals surface area contributed by atoms with Crippen molar-refractivity contribution in [3.05, 3.63) is 112 Å². The van der Waals surface area contributed by atoms with Crippen LogP contribution >= 0.6 is 0 Å². The Hall–Kier alpha value is -5.74. The maximum Gasteiger partial charge on any atom is 0.262 e. The van der Waals surface area contributed by atoms with Crippen LogP contribution in [0.15, 0.2) is 88.6 Å². The van der Waals surface area contributed by atoms with E-state index in [1.54, 1.807) is 37.4 Å². The fraction of sp³-hybridized carbons (Fsp3) is 0.129. The molecule has 0 spiro atoms. The van der Waals surface area contributed by atoms with Gasteiger partial charge in [0.05, 0.1) is 5.69 Å². The number of nitrogens with zero attached hydrogens (tertiary/aromatic N) is 5. The van der Waals surface area contributed by atoms with Gasteiger partial charge in [-0.2, -0.15) is 15.7 Å². The highest BCUT2D eigenvalue weighted by Gasteiger charge is 2.20. The predicted octanol–water partition coefficient (Wildman–Crippen LogP) is 5.07. The van der Waals surface area contributed by atoms with Crippen LogP contribution in [0.4, 0.5) is 19.1 Å². The topological polar surface area (TPSA) is 126 Å². The number of hydrogen-bond donors (Lipinski definition) is 2. The first-order valence-corrected chi connectivity index (χ1v) is 13.3. The number of ether oxygens (including phenoxy) is 1. The molecular weight excluding hydrogens is 575 g/mol. The lowest BCUT2D eigenvalue weighted by molar-refractivity contribution is 0.167. The highest BCUT2D eigenvalue weighted by Crippen LogP contribution is 2.31. The molecule has 0 aliphatic rings. The second-order valence-corrected chi connectivity index (χ2v) is 9.30. The SMILES string of the molecule is Cc1cc(F)ccc1-c1nc(NCCNOC(COc2ccccc2)=NC#N)nc2c1ccc(=O)n2-c1c(F)cccc1F. The van der Waals surface area contributed by atoms with Crippen molar-refractivity contribution in [1.29, 1.82) is 5.26 Å². The molecule has 10 nitrogen and oxygen atoms in total. The monoisotopic (exact) mass is 599 g/mol. The average Bonchev–Trinajstić information content (AvgIpc) is 3.01. The highest BCUT2D eigenvalue weighted by atomic mass is 19.1. The Kier molecular flexibility index (Phi) is 9.12. The predicted molar refractivity (Wildman–Crippen MR) is 158 cm³/mol. The molecule has 0 fully saturated rings. The van der Waals surface area contributed by atoms with Gasteiger partial charge in [-0.05, 0) is 61.0 Å². The molecule has 0 bridgehead atoms. The number of nitriles is 1. The van der Waals surface area contributed by atoms with E-state index in [4.69, 9.17) is 14.8 Å². The van der Waals surface area contributed by atoms with Crippen molar-refractivity contribution < 1.29 is 22.7 Å². The maximum absolute atomic E-state index is 14.9. The van der Waals surface area contributed by atoms with E-state index in [0.717, 1.165) is 22.8 Å². The summed E-state index contributed by atoms with van der Waals surface area (Å²) in [7, 11) is 0. The molecule has 0 aliphatic carbocycles. The van der Waals surface area contributed by atoms with Crippen LogP contribution < -0.4 is 21.1 Å². The number of pyridine rings is 1. The molecule has 0 atom stereocenters.